The first-order valence-corrected chi connectivity index (χ1v) is 9.26. The lowest BCUT2D eigenvalue weighted by Gasteiger charge is -2.21. The van der Waals surface area contributed by atoms with E-state index in [4.69, 9.17) is 10.00 Å². The van der Waals surface area contributed by atoms with Gasteiger partial charge in [0.05, 0.1) is 11.1 Å². The van der Waals surface area contributed by atoms with Crippen molar-refractivity contribution in [1.29, 1.82) is 5.26 Å². The first-order chi connectivity index (χ1) is 13.6. The molecule has 0 spiro atoms. The van der Waals surface area contributed by atoms with Gasteiger partial charge in [0.25, 0.3) is 0 Å². The number of hydrogen-bond acceptors (Lipinski definition) is 3. The number of esters is 1. The molecule has 3 nitrogen and oxygen atoms in total. The average molecular weight is 371 g/mol. The SMILES string of the molecule is CCc1ccc2c(c1)CCc1cc(C(=O)Oc3ccc(C#N)c(F)c3)ccc1-2. The zero-order valence-electron chi connectivity index (χ0n) is 15.5. The smallest absolute Gasteiger partial charge is 0.343 e. The van der Waals surface area contributed by atoms with Gasteiger partial charge < -0.3 is 4.74 Å². The first kappa shape index (κ1) is 17.9. The van der Waals surface area contributed by atoms with Crippen molar-refractivity contribution in [2.75, 3.05) is 0 Å². The van der Waals surface area contributed by atoms with Gasteiger partial charge in [0.1, 0.15) is 17.6 Å². The van der Waals surface area contributed by atoms with E-state index in [-0.39, 0.29) is 11.3 Å². The molecule has 0 radical (unpaired) electrons. The van der Waals surface area contributed by atoms with E-state index in [2.05, 4.69) is 25.1 Å². The maximum Gasteiger partial charge on any atom is 0.343 e. The Kier molecular flexibility index (Phi) is 4.67. The van der Waals surface area contributed by atoms with Crippen molar-refractivity contribution in [2.24, 2.45) is 0 Å². The van der Waals surface area contributed by atoms with Gasteiger partial charge in [-0.2, -0.15) is 5.26 Å². The molecule has 1 aliphatic rings. The molecular weight excluding hydrogens is 353 g/mol. The molecule has 0 fully saturated rings. The highest BCUT2D eigenvalue weighted by Gasteiger charge is 2.19. The van der Waals surface area contributed by atoms with Crippen LogP contribution in [-0.4, -0.2) is 5.97 Å². The third kappa shape index (κ3) is 3.27. The summed E-state index contributed by atoms with van der Waals surface area (Å²) in [5.41, 5.74) is 6.48. The van der Waals surface area contributed by atoms with Crippen LogP contribution in [0.4, 0.5) is 4.39 Å². The van der Waals surface area contributed by atoms with Crippen LogP contribution in [0, 0.1) is 17.1 Å². The minimum absolute atomic E-state index is 0.0802. The molecule has 3 aromatic carbocycles. The maximum absolute atomic E-state index is 13.7. The van der Waals surface area contributed by atoms with Crippen molar-refractivity contribution in [3.8, 4) is 22.9 Å². The summed E-state index contributed by atoms with van der Waals surface area (Å²) >= 11 is 0. The number of nitrogens with zero attached hydrogens (tertiary/aromatic N) is 1. The summed E-state index contributed by atoms with van der Waals surface area (Å²) < 4.78 is 19.0. The summed E-state index contributed by atoms with van der Waals surface area (Å²) in [4.78, 5) is 12.5. The van der Waals surface area contributed by atoms with Crippen LogP contribution in [0.1, 0.15) is 39.5 Å². The fourth-order valence-corrected chi connectivity index (χ4v) is 3.61. The number of benzene rings is 3. The van der Waals surface area contributed by atoms with Gasteiger partial charge in [-0.1, -0.05) is 31.2 Å². The van der Waals surface area contributed by atoms with Crippen LogP contribution in [0.5, 0.6) is 5.75 Å². The van der Waals surface area contributed by atoms with Crippen LogP contribution in [0.15, 0.2) is 54.6 Å². The van der Waals surface area contributed by atoms with E-state index in [9.17, 15) is 9.18 Å². The third-order valence-corrected chi connectivity index (χ3v) is 5.14. The molecule has 0 aromatic heterocycles. The third-order valence-electron chi connectivity index (χ3n) is 5.14. The summed E-state index contributed by atoms with van der Waals surface area (Å²) in [7, 11) is 0. The molecule has 0 saturated heterocycles. The molecule has 4 heteroatoms. The molecule has 1 aliphatic carbocycles. The molecule has 0 bridgehead atoms. The van der Waals surface area contributed by atoms with Gasteiger partial charge in [0, 0.05) is 6.07 Å². The van der Waals surface area contributed by atoms with Gasteiger partial charge in [-0.05, 0) is 71.3 Å². The number of carbonyl (C=O) groups is 1. The lowest BCUT2D eigenvalue weighted by molar-refractivity contribution is 0.0734. The number of carbonyl (C=O) groups excluding carboxylic acids is 1. The minimum Gasteiger partial charge on any atom is -0.423 e. The molecule has 0 aliphatic heterocycles. The van der Waals surface area contributed by atoms with Gasteiger partial charge in [-0.25, -0.2) is 9.18 Å². The molecule has 0 saturated carbocycles. The highest BCUT2D eigenvalue weighted by molar-refractivity contribution is 5.92. The number of fused-ring (bicyclic) bond motifs is 3. The quantitative estimate of drug-likeness (QED) is 0.467. The van der Waals surface area contributed by atoms with Crippen molar-refractivity contribution in [2.45, 2.75) is 26.2 Å². The summed E-state index contributed by atoms with van der Waals surface area (Å²) in [5.74, 6) is -1.17. The molecule has 0 heterocycles. The molecule has 0 amide bonds. The molecule has 0 N–H and O–H groups in total. The van der Waals surface area contributed by atoms with E-state index in [0.29, 0.717) is 5.56 Å². The number of halogens is 1. The van der Waals surface area contributed by atoms with Crippen LogP contribution >= 0.6 is 0 Å². The monoisotopic (exact) mass is 371 g/mol. The van der Waals surface area contributed by atoms with Gasteiger partial charge >= 0.3 is 5.97 Å². The average Bonchev–Trinajstić information content (AvgIpc) is 2.72. The van der Waals surface area contributed by atoms with Crippen LogP contribution in [-0.2, 0) is 19.3 Å². The summed E-state index contributed by atoms with van der Waals surface area (Å²) in [6.07, 6.45) is 2.82. The Balaban J connectivity index is 1.60. The highest BCUT2D eigenvalue weighted by Crippen LogP contribution is 2.34. The second kappa shape index (κ2) is 7.28. The lowest BCUT2D eigenvalue weighted by Crippen LogP contribution is -2.11. The Hall–Kier alpha value is -3.45. The Labute approximate surface area is 163 Å². The minimum atomic E-state index is -0.707. The Morgan fingerprint density at radius 3 is 2.43 bits per heavy atom. The Bertz CT molecular complexity index is 1130. The van der Waals surface area contributed by atoms with Crippen LogP contribution in [0.25, 0.3) is 11.1 Å². The fourth-order valence-electron chi connectivity index (χ4n) is 3.61. The van der Waals surface area contributed by atoms with E-state index in [0.717, 1.165) is 36.5 Å². The highest BCUT2D eigenvalue weighted by atomic mass is 19.1. The number of nitriles is 1. The van der Waals surface area contributed by atoms with Crippen LogP contribution < -0.4 is 4.74 Å². The standard InChI is InChI=1S/C24H18FNO2/c1-2-15-3-9-21-16(11-15)4-5-17-12-18(7-10-22(17)21)24(27)28-20-8-6-19(14-26)23(25)13-20/h3,6-13H,2,4-5H2,1H3. The zero-order chi connectivity index (χ0) is 19.7. The molecule has 3 aromatic rings. The molecule has 28 heavy (non-hydrogen) atoms. The zero-order valence-corrected chi connectivity index (χ0v) is 15.5. The lowest BCUT2D eigenvalue weighted by atomic mass is 9.84. The van der Waals surface area contributed by atoms with E-state index in [1.54, 1.807) is 12.1 Å². The number of rotatable bonds is 3. The predicted molar refractivity (Wildman–Crippen MR) is 105 cm³/mol. The van der Waals surface area contributed by atoms with Crippen LogP contribution in [0.3, 0.4) is 0 Å². The largest absolute Gasteiger partial charge is 0.423 e. The molecule has 0 atom stereocenters. The van der Waals surface area contributed by atoms with Crippen molar-refractivity contribution in [1.82, 2.24) is 0 Å². The van der Waals surface area contributed by atoms with E-state index in [1.165, 1.54) is 28.8 Å². The van der Waals surface area contributed by atoms with Gasteiger partial charge in [0.15, 0.2) is 0 Å². The second-order valence-electron chi connectivity index (χ2n) is 6.86. The summed E-state index contributed by atoms with van der Waals surface area (Å²) in [6.45, 7) is 2.15. The van der Waals surface area contributed by atoms with Crippen molar-refractivity contribution < 1.29 is 13.9 Å². The number of ether oxygens (including phenoxy) is 1. The summed E-state index contributed by atoms with van der Waals surface area (Å²) in [6, 6.07) is 17.6. The van der Waals surface area contributed by atoms with E-state index in [1.807, 2.05) is 12.1 Å². The number of aryl methyl sites for hydroxylation is 3. The Morgan fingerprint density at radius 1 is 1.04 bits per heavy atom. The molecule has 4 rings (SSSR count). The number of hydrogen-bond donors (Lipinski definition) is 0. The predicted octanol–water partition coefficient (Wildman–Crippen LogP) is 5.24. The van der Waals surface area contributed by atoms with Crippen molar-refractivity contribution >= 4 is 5.97 Å². The van der Waals surface area contributed by atoms with E-state index >= 15 is 0 Å². The topological polar surface area (TPSA) is 50.1 Å². The molecule has 138 valence electrons. The van der Waals surface area contributed by atoms with E-state index < -0.39 is 11.8 Å². The Morgan fingerprint density at radius 2 is 1.75 bits per heavy atom. The first-order valence-electron chi connectivity index (χ1n) is 9.26. The normalized spacial score (nSPS) is 11.9. The van der Waals surface area contributed by atoms with Crippen molar-refractivity contribution in [3.05, 3.63) is 88.2 Å². The van der Waals surface area contributed by atoms with Crippen molar-refractivity contribution in [3.63, 3.8) is 0 Å². The van der Waals surface area contributed by atoms with Crippen LogP contribution in [0.2, 0.25) is 0 Å². The van der Waals surface area contributed by atoms with Gasteiger partial charge in [-0.3, -0.25) is 0 Å². The second-order valence-corrected chi connectivity index (χ2v) is 6.86. The maximum atomic E-state index is 13.7. The molecule has 0 unspecified atom stereocenters. The molecular formula is C24H18FNO2. The van der Waals surface area contributed by atoms with Gasteiger partial charge in [-0.15, -0.1) is 0 Å². The summed E-state index contributed by atoms with van der Waals surface area (Å²) in [5, 5.41) is 8.78. The fraction of sp³-hybridized carbons (Fsp3) is 0.167. The van der Waals surface area contributed by atoms with Gasteiger partial charge in [0.2, 0.25) is 0 Å².